The van der Waals surface area contributed by atoms with Gasteiger partial charge >= 0.3 is 0 Å². The predicted octanol–water partition coefficient (Wildman–Crippen LogP) is 2.79. The number of nitrogens with one attached hydrogen (secondary N) is 1. The number of aryl methyl sites for hydroxylation is 2. The highest BCUT2D eigenvalue weighted by molar-refractivity contribution is 7.89. The maximum absolute atomic E-state index is 14.1. The average molecular weight is 342 g/mol. The Labute approximate surface area is 134 Å². The van der Waals surface area contributed by atoms with E-state index in [4.69, 9.17) is 9.26 Å². The van der Waals surface area contributed by atoms with Crippen LogP contribution in [0.5, 0.6) is 5.75 Å². The van der Waals surface area contributed by atoms with Gasteiger partial charge in [-0.3, -0.25) is 0 Å². The van der Waals surface area contributed by atoms with Crippen LogP contribution in [0.3, 0.4) is 0 Å². The van der Waals surface area contributed by atoms with E-state index in [1.54, 1.807) is 20.8 Å². The molecular weight excluding hydrogens is 323 g/mol. The molecular formula is C15H19FN2O4S. The molecule has 0 aliphatic rings. The number of sulfonamides is 1. The second-order valence-electron chi connectivity index (χ2n) is 5.29. The standard InChI is InChI=1S/C15H19FN2O4S/c1-8-13(7-6-12(21-5)15(8)16)23(19,20)18-10(3)14-9(2)17-22-11(14)4/h6-7,10,18H,1-5H3/t10-/m1/s1. The molecule has 8 heteroatoms. The molecule has 2 rings (SSSR count). The van der Waals surface area contributed by atoms with E-state index < -0.39 is 21.9 Å². The Balaban J connectivity index is 2.38. The van der Waals surface area contributed by atoms with Crippen LogP contribution in [0, 0.1) is 26.6 Å². The lowest BCUT2D eigenvalue weighted by molar-refractivity contribution is 0.384. The van der Waals surface area contributed by atoms with Crippen molar-refractivity contribution in [3.8, 4) is 5.75 Å². The largest absolute Gasteiger partial charge is 0.494 e. The normalized spacial score (nSPS) is 13.1. The first kappa shape index (κ1) is 17.4. The summed E-state index contributed by atoms with van der Waals surface area (Å²) < 4.78 is 51.6. The summed E-state index contributed by atoms with van der Waals surface area (Å²) in [5.74, 6) is -0.157. The number of rotatable bonds is 5. The smallest absolute Gasteiger partial charge is 0.241 e. The zero-order chi connectivity index (χ0) is 17.4. The first-order valence-corrected chi connectivity index (χ1v) is 8.45. The zero-order valence-electron chi connectivity index (χ0n) is 13.6. The fourth-order valence-corrected chi connectivity index (χ4v) is 4.00. The van der Waals surface area contributed by atoms with E-state index in [1.807, 2.05) is 0 Å². The van der Waals surface area contributed by atoms with Gasteiger partial charge in [-0.1, -0.05) is 5.16 Å². The summed E-state index contributed by atoms with van der Waals surface area (Å²) in [6, 6.07) is 2.05. The molecule has 0 fully saturated rings. The summed E-state index contributed by atoms with van der Waals surface area (Å²) in [6.45, 7) is 6.51. The van der Waals surface area contributed by atoms with Crippen molar-refractivity contribution in [2.75, 3.05) is 7.11 Å². The van der Waals surface area contributed by atoms with Crippen LogP contribution in [0.2, 0.25) is 0 Å². The van der Waals surface area contributed by atoms with Crippen molar-refractivity contribution in [1.29, 1.82) is 0 Å². The van der Waals surface area contributed by atoms with Gasteiger partial charge in [0.2, 0.25) is 10.0 Å². The minimum Gasteiger partial charge on any atom is -0.494 e. The summed E-state index contributed by atoms with van der Waals surface area (Å²) in [4.78, 5) is -0.130. The second-order valence-corrected chi connectivity index (χ2v) is 6.97. The molecule has 1 N–H and O–H groups in total. The molecule has 0 unspecified atom stereocenters. The van der Waals surface area contributed by atoms with Crippen LogP contribution >= 0.6 is 0 Å². The molecule has 23 heavy (non-hydrogen) atoms. The van der Waals surface area contributed by atoms with Crippen LogP contribution in [0.25, 0.3) is 0 Å². The summed E-state index contributed by atoms with van der Waals surface area (Å²) in [5, 5.41) is 3.81. The summed E-state index contributed by atoms with van der Waals surface area (Å²) in [7, 11) is -2.59. The third kappa shape index (κ3) is 3.23. The highest BCUT2D eigenvalue weighted by Gasteiger charge is 2.26. The summed E-state index contributed by atoms with van der Waals surface area (Å²) in [6.07, 6.45) is 0. The van der Waals surface area contributed by atoms with Gasteiger partial charge in [-0.2, -0.15) is 0 Å². The van der Waals surface area contributed by atoms with Crippen molar-refractivity contribution in [2.45, 2.75) is 38.6 Å². The topological polar surface area (TPSA) is 81.4 Å². The van der Waals surface area contributed by atoms with Crippen LogP contribution < -0.4 is 9.46 Å². The SMILES string of the molecule is COc1ccc(S(=O)(=O)N[C@H](C)c2c(C)noc2C)c(C)c1F. The highest BCUT2D eigenvalue weighted by atomic mass is 32.2. The minimum absolute atomic E-state index is 0.000205. The Kier molecular flexibility index (Phi) is 4.76. The first-order chi connectivity index (χ1) is 10.7. The molecule has 0 saturated carbocycles. The van der Waals surface area contributed by atoms with Crippen LogP contribution in [-0.4, -0.2) is 20.7 Å². The fraction of sp³-hybridized carbons (Fsp3) is 0.400. The van der Waals surface area contributed by atoms with Crippen molar-refractivity contribution in [3.63, 3.8) is 0 Å². The quantitative estimate of drug-likeness (QED) is 0.903. The van der Waals surface area contributed by atoms with Crippen molar-refractivity contribution in [1.82, 2.24) is 9.88 Å². The average Bonchev–Trinajstić information content (AvgIpc) is 2.80. The Morgan fingerprint density at radius 2 is 1.96 bits per heavy atom. The molecule has 0 amide bonds. The molecule has 1 atom stereocenters. The lowest BCUT2D eigenvalue weighted by Crippen LogP contribution is -2.28. The van der Waals surface area contributed by atoms with Crippen molar-refractivity contribution < 1.29 is 22.1 Å². The summed E-state index contributed by atoms with van der Waals surface area (Å²) >= 11 is 0. The van der Waals surface area contributed by atoms with Crippen molar-refractivity contribution in [3.05, 3.63) is 40.5 Å². The number of nitrogens with zero attached hydrogens (tertiary/aromatic N) is 1. The Morgan fingerprint density at radius 1 is 1.30 bits per heavy atom. The van der Waals surface area contributed by atoms with Gasteiger partial charge < -0.3 is 9.26 Å². The maximum Gasteiger partial charge on any atom is 0.241 e. The number of methoxy groups -OCH3 is 1. The molecule has 1 aromatic carbocycles. The maximum atomic E-state index is 14.1. The highest BCUT2D eigenvalue weighted by Crippen LogP contribution is 2.28. The third-order valence-corrected chi connectivity index (χ3v) is 5.35. The summed E-state index contributed by atoms with van der Waals surface area (Å²) in [5.41, 5.74) is 1.28. The molecule has 0 saturated heterocycles. The van der Waals surface area contributed by atoms with Crippen LogP contribution in [0.15, 0.2) is 21.6 Å². The molecule has 0 aliphatic heterocycles. The molecule has 126 valence electrons. The number of hydrogen-bond donors (Lipinski definition) is 1. The molecule has 0 aliphatic carbocycles. The monoisotopic (exact) mass is 342 g/mol. The molecule has 1 aromatic heterocycles. The Morgan fingerprint density at radius 3 is 2.48 bits per heavy atom. The van der Waals surface area contributed by atoms with Crippen molar-refractivity contribution in [2.24, 2.45) is 0 Å². The van der Waals surface area contributed by atoms with Gasteiger partial charge in [0.15, 0.2) is 11.6 Å². The van der Waals surface area contributed by atoms with Gasteiger partial charge in [0.1, 0.15) is 5.76 Å². The van der Waals surface area contributed by atoms with E-state index in [9.17, 15) is 12.8 Å². The van der Waals surface area contributed by atoms with Crippen LogP contribution in [0.1, 0.15) is 35.5 Å². The molecule has 2 aromatic rings. The molecule has 1 heterocycles. The minimum atomic E-state index is -3.91. The van der Waals surface area contributed by atoms with E-state index in [0.717, 1.165) is 0 Å². The van der Waals surface area contributed by atoms with E-state index in [-0.39, 0.29) is 16.2 Å². The lowest BCUT2D eigenvalue weighted by Gasteiger charge is -2.16. The van der Waals surface area contributed by atoms with Crippen LogP contribution in [-0.2, 0) is 10.0 Å². The van der Waals surface area contributed by atoms with E-state index >= 15 is 0 Å². The van der Waals surface area contributed by atoms with Gasteiger partial charge in [-0.25, -0.2) is 17.5 Å². The molecule has 0 radical (unpaired) electrons. The third-order valence-electron chi connectivity index (χ3n) is 3.66. The molecule has 6 nitrogen and oxygen atoms in total. The Hall–Kier alpha value is -1.93. The number of halogens is 1. The predicted molar refractivity (Wildman–Crippen MR) is 82.4 cm³/mol. The molecule has 0 bridgehead atoms. The van der Waals surface area contributed by atoms with Crippen molar-refractivity contribution >= 4 is 10.0 Å². The van der Waals surface area contributed by atoms with Gasteiger partial charge in [0.25, 0.3) is 0 Å². The van der Waals surface area contributed by atoms with E-state index in [0.29, 0.717) is 17.0 Å². The number of benzene rings is 1. The fourth-order valence-electron chi connectivity index (χ4n) is 2.55. The number of hydrogen-bond acceptors (Lipinski definition) is 5. The van der Waals surface area contributed by atoms with Crippen LogP contribution in [0.4, 0.5) is 4.39 Å². The first-order valence-electron chi connectivity index (χ1n) is 6.97. The number of ether oxygens (including phenoxy) is 1. The van der Waals surface area contributed by atoms with Gasteiger partial charge in [-0.05, 0) is 39.8 Å². The lowest BCUT2D eigenvalue weighted by atomic mass is 10.1. The van der Waals surface area contributed by atoms with E-state index in [1.165, 1.54) is 26.2 Å². The van der Waals surface area contributed by atoms with Gasteiger partial charge in [0.05, 0.1) is 17.7 Å². The van der Waals surface area contributed by atoms with Gasteiger partial charge in [-0.15, -0.1) is 0 Å². The van der Waals surface area contributed by atoms with Gasteiger partial charge in [0, 0.05) is 17.2 Å². The van der Waals surface area contributed by atoms with E-state index in [2.05, 4.69) is 9.88 Å². The zero-order valence-corrected chi connectivity index (χ0v) is 14.4. The number of aromatic nitrogens is 1. The molecule has 0 spiro atoms. The Bertz CT molecular complexity index is 811. The second kappa shape index (κ2) is 6.29.